The minimum absolute atomic E-state index is 0.0653. The molecular weight excluding hydrogens is 508 g/mol. The van der Waals surface area contributed by atoms with E-state index in [1.165, 1.54) is 6.20 Å². The molecule has 6 bridgehead atoms. The number of aromatic nitrogens is 4. The molecule has 2 aliphatic rings. The molecule has 1 atom stereocenters. The van der Waals surface area contributed by atoms with Crippen LogP contribution in [0.2, 0.25) is 0 Å². The van der Waals surface area contributed by atoms with E-state index in [4.69, 9.17) is 4.52 Å². The number of anilines is 5. The van der Waals surface area contributed by atoms with Gasteiger partial charge in [-0.2, -0.15) is 4.98 Å². The second-order valence-corrected chi connectivity index (χ2v) is 10.4. The number of carbonyl (C=O) groups is 2. The summed E-state index contributed by atoms with van der Waals surface area (Å²) in [5, 5.41) is 13.5. The first-order valence-electron chi connectivity index (χ1n) is 13.4. The molecule has 0 radical (unpaired) electrons. The van der Waals surface area contributed by atoms with Gasteiger partial charge in [-0.05, 0) is 74.4 Å². The molecule has 0 aliphatic carbocycles. The highest BCUT2D eigenvalue weighted by molar-refractivity contribution is 5.95. The molecule has 3 N–H and O–H groups in total. The van der Waals surface area contributed by atoms with Crippen LogP contribution in [0.15, 0.2) is 53.6 Å². The van der Waals surface area contributed by atoms with Gasteiger partial charge < -0.3 is 25.4 Å². The summed E-state index contributed by atoms with van der Waals surface area (Å²) >= 11 is 0. The summed E-state index contributed by atoms with van der Waals surface area (Å²) in [5.74, 6) is 1.61. The number of fused-ring (bicyclic) bond motifs is 6. The molecule has 2 amide bonds. The SMILES string of the molecule is Cc1cnc2nc1Nc1ccc(NC(=O)C[C@@H]3CCN(C(=O)c4cnoc4C)C3)c(c1)CCc1cncc(c1)N2. The van der Waals surface area contributed by atoms with Crippen LogP contribution >= 0.6 is 0 Å². The van der Waals surface area contributed by atoms with Crippen molar-refractivity contribution in [2.75, 3.05) is 29.0 Å². The molecule has 11 nitrogen and oxygen atoms in total. The molecular formula is C29H30N8O3. The lowest BCUT2D eigenvalue weighted by molar-refractivity contribution is -0.117. The maximum absolute atomic E-state index is 13.1. The van der Waals surface area contributed by atoms with Crippen molar-refractivity contribution in [1.82, 2.24) is 25.0 Å². The van der Waals surface area contributed by atoms with Gasteiger partial charge in [-0.25, -0.2) is 4.98 Å². The molecule has 0 saturated carbocycles. The second kappa shape index (κ2) is 10.8. The summed E-state index contributed by atoms with van der Waals surface area (Å²) in [7, 11) is 0. The normalized spacial score (nSPS) is 16.1. The van der Waals surface area contributed by atoms with Crippen LogP contribution in [-0.2, 0) is 17.6 Å². The lowest BCUT2D eigenvalue weighted by atomic mass is 10.0. The van der Waals surface area contributed by atoms with Crippen LogP contribution in [0.4, 0.5) is 28.8 Å². The first-order valence-corrected chi connectivity index (χ1v) is 13.4. The highest BCUT2D eigenvalue weighted by Gasteiger charge is 2.30. The third-order valence-electron chi connectivity index (χ3n) is 7.38. The lowest BCUT2D eigenvalue weighted by Gasteiger charge is -2.17. The van der Waals surface area contributed by atoms with Crippen molar-refractivity contribution < 1.29 is 14.1 Å². The Morgan fingerprint density at radius 2 is 1.98 bits per heavy atom. The molecule has 2 aliphatic heterocycles. The Bertz CT molecular complexity index is 1580. The van der Waals surface area contributed by atoms with E-state index in [0.29, 0.717) is 49.0 Å². The van der Waals surface area contributed by atoms with Crippen LogP contribution in [0.1, 0.15) is 45.7 Å². The van der Waals surface area contributed by atoms with E-state index in [0.717, 1.165) is 46.6 Å². The van der Waals surface area contributed by atoms with Gasteiger partial charge in [0.2, 0.25) is 11.9 Å². The smallest absolute Gasteiger partial charge is 0.259 e. The fourth-order valence-electron chi connectivity index (χ4n) is 5.19. The van der Waals surface area contributed by atoms with Gasteiger partial charge in [-0.1, -0.05) is 5.16 Å². The molecule has 1 fully saturated rings. The molecule has 4 aromatic rings. The highest BCUT2D eigenvalue weighted by atomic mass is 16.5. The summed E-state index contributed by atoms with van der Waals surface area (Å²) in [6, 6.07) is 7.96. The van der Waals surface area contributed by atoms with Gasteiger partial charge in [-0.15, -0.1) is 0 Å². The summed E-state index contributed by atoms with van der Waals surface area (Å²) in [5.41, 5.74) is 5.92. The largest absolute Gasteiger partial charge is 0.361 e. The molecule has 11 heteroatoms. The number of rotatable bonds is 4. The van der Waals surface area contributed by atoms with E-state index >= 15 is 0 Å². The number of nitrogens with zero attached hydrogens (tertiary/aromatic N) is 5. The Labute approximate surface area is 231 Å². The number of benzene rings is 1. The van der Waals surface area contributed by atoms with Crippen LogP contribution in [0, 0.1) is 19.8 Å². The maximum Gasteiger partial charge on any atom is 0.259 e. The lowest BCUT2D eigenvalue weighted by Crippen LogP contribution is -2.29. The van der Waals surface area contributed by atoms with Gasteiger partial charge in [0, 0.05) is 48.8 Å². The standard InChI is InChI=1S/C29H30N8O3/c1-17-12-31-29-34-23-9-19(13-30-14-23)3-4-21-11-22(33-27(17)36-29)5-6-25(21)35-26(38)10-20-7-8-37(16-20)28(39)24-15-32-40-18(24)2/h5-6,9,11-15,20H,3-4,7-8,10,16H2,1-2H3,(H,35,38)(H2,31,33,34,36)/t20-/m0/s1. The van der Waals surface area contributed by atoms with E-state index < -0.39 is 0 Å². The van der Waals surface area contributed by atoms with E-state index in [2.05, 4.69) is 42.1 Å². The fraction of sp³-hybridized carbons (Fsp3) is 0.310. The number of likely N-dealkylation sites (tertiary alicyclic amines) is 1. The first-order chi connectivity index (χ1) is 19.4. The summed E-state index contributed by atoms with van der Waals surface area (Å²) in [4.78, 5) is 41.1. The number of pyridine rings is 1. The van der Waals surface area contributed by atoms with Gasteiger partial charge in [0.15, 0.2) is 0 Å². The quantitative estimate of drug-likeness (QED) is 0.341. The summed E-state index contributed by atoms with van der Waals surface area (Å²) in [6.45, 7) is 4.82. The fourth-order valence-corrected chi connectivity index (χ4v) is 5.19. The van der Waals surface area contributed by atoms with Crippen LogP contribution in [-0.4, -0.2) is 49.9 Å². The Hall–Kier alpha value is -4.80. The molecule has 5 heterocycles. The minimum atomic E-state index is -0.101. The Balaban J connectivity index is 1.18. The van der Waals surface area contributed by atoms with Crippen molar-refractivity contribution in [3.8, 4) is 0 Å². The number of amides is 2. The van der Waals surface area contributed by atoms with Crippen molar-refractivity contribution >= 4 is 40.6 Å². The van der Waals surface area contributed by atoms with Gasteiger partial charge in [0.25, 0.3) is 5.91 Å². The van der Waals surface area contributed by atoms with Crippen molar-refractivity contribution in [2.45, 2.75) is 39.5 Å². The van der Waals surface area contributed by atoms with Crippen LogP contribution in [0.5, 0.6) is 0 Å². The van der Waals surface area contributed by atoms with Crippen molar-refractivity contribution in [3.05, 3.63) is 77.1 Å². The van der Waals surface area contributed by atoms with Crippen LogP contribution < -0.4 is 16.0 Å². The van der Waals surface area contributed by atoms with E-state index in [-0.39, 0.29) is 17.7 Å². The van der Waals surface area contributed by atoms with Crippen molar-refractivity contribution in [1.29, 1.82) is 0 Å². The predicted octanol–water partition coefficient (Wildman–Crippen LogP) is 4.55. The molecule has 3 aromatic heterocycles. The third kappa shape index (κ3) is 5.49. The second-order valence-electron chi connectivity index (χ2n) is 10.4. The number of nitrogens with one attached hydrogen (secondary N) is 3. The number of hydrogen-bond acceptors (Lipinski definition) is 9. The van der Waals surface area contributed by atoms with Gasteiger partial charge in [0.1, 0.15) is 17.1 Å². The molecule has 0 unspecified atom stereocenters. The maximum atomic E-state index is 13.1. The van der Waals surface area contributed by atoms with Crippen molar-refractivity contribution in [2.24, 2.45) is 5.92 Å². The first kappa shape index (κ1) is 25.5. The predicted molar refractivity (Wildman–Crippen MR) is 150 cm³/mol. The Kier molecular flexibility index (Phi) is 6.85. The highest BCUT2D eigenvalue weighted by Crippen LogP contribution is 2.29. The van der Waals surface area contributed by atoms with Gasteiger partial charge in [-0.3, -0.25) is 14.6 Å². The van der Waals surface area contributed by atoms with E-state index in [9.17, 15) is 9.59 Å². The summed E-state index contributed by atoms with van der Waals surface area (Å²) < 4.78 is 5.04. The number of aryl methyl sites for hydroxylation is 4. The van der Waals surface area contributed by atoms with Crippen LogP contribution in [0.25, 0.3) is 0 Å². The minimum Gasteiger partial charge on any atom is -0.361 e. The topological polar surface area (TPSA) is 138 Å². The van der Waals surface area contributed by atoms with E-state index in [1.54, 1.807) is 24.2 Å². The van der Waals surface area contributed by atoms with E-state index in [1.807, 2.05) is 31.3 Å². The molecule has 0 spiro atoms. The molecule has 6 rings (SSSR count). The zero-order valence-corrected chi connectivity index (χ0v) is 22.4. The zero-order valence-electron chi connectivity index (χ0n) is 22.4. The monoisotopic (exact) mass is 538 g/mol. The Morgan fingerprint density at radius 1 is 1.07 bits per heavy atom. The van der Waals surface area contributed by atoms with Crippen molar-refractivity contribution in [3.63, 3.8) is 0 Å². The number of carbonyl (C=O) groups excluding carboxylic acids is 2. The van der Waals surface area contributed by atoms with Gasteiger partial charge >= 0.3 is 0 Å². The van der Waals surface area contributed by atoms with Gasteiger partial charge in [0.05, 0.1) is 18.1 Å². The molecule has 204 valence electrons. The van der Waals surface area contributed by atoms with Crippen LogP contribution in [0.3, 0.4) is 0 Å². The average Bonchev–Trinajstić information content (AvgIpc) is 3.59. The molecule has 40 heavy (non-hydrogen) atoms. The number of hydrogen-bond donors (Lipinski definition) is 3. The zero-order chi connectivity index (χ0) is 27.6. The third-order valence-corrected chi connectivity index (χ3v) is 7.38. The molecule has 1 aromatic carbocycles. The average molecular weight is 539 g/mol. The summed E-state index contributed by atoms with van der Waals surface area (Å²) in [6.07, 6.45) is 9.39. The molecule has 1 saturated heterocycles. The Morgan fingerprint density at radius 3 is 2.83 bits per heavy atom.